The van der Waals surface area contributed by atoms with Gasteiger partial charge in [-0.25, -0.2) is 9.97 Å². The van der Waals surface area contributed by atoms with Crippen LogP contribution in [0.25, 0.3) is 0 Å². The second kappa shape index (κ2) is 4.66. The fourth-order valence-corrected chi connectivity index (χ4v) is 4.13. The van der Waals surface area contributed by atoms with E-state index in [9.17, 15) is 4.79 Å². The summed E-state index contributed by atoms with van der Waals surface area (Å²) in [6, 6.07) is 2.55. The maximum absolute atomic E-state index is 12.6. The van der Waals surface area contributed by atoms with E-state index in [1.54, 1.807) is 17.7 Å². The third kappa shape index (κ3) is 1.85. The zero-order valence-corrected chi connectivity index (χ0v) is 11.8. The van der Waals surface area contributed by atoms with Crippen LogP contribution in [0.4, 0.5) is 0 Å². The molecule has 0 aliphatic carbocycles. The maximum atomic E-state index is 12.6. The number of carbonyl (C=O) groups is 1. The van der Waals surface area contributed by atoms with Crippen molar-refractivity contribution >= 4 is 17.2 Å². The molecule has 0 aromatic carbocycles. The Hall–Kier alpha value is -1.75. The van der Waals surface area contributed by atoms with E-state index in [-0.39, 0.29) is 11.9 Å². The second-order valence-electron chi connectivity index (χ2n) is 5.49. The van der Waals surface area contributed by atoms with Gasteiger partial charge in [0.25, 0.3) is 0 Å². The molecule has 2 aromatic heterocycles. The average molecular weight is 285 g/mol. The Morgan fingerprint density at radius 1 is 1.45 bits per heavy atom. The summed E-state index contributed by atoms with van der Waals surface area (Å²) in [6.45, 7) is 0. The van der Waals surface area contributed by atoms with Gasteiger partial charge in [0.15, 0.2) is 0 Å². The van der Waals surface area contributed by atoms with Gasteiger partial charge in [0, 0.05) is 24.2 Å². The zero-order valence-electron chi connectivity index (χ0n) is 11.0. The molecule has 0 N–H and O–H groups in total. The highest BCUT2D eigenvalue weighted by Gasteiger charge is 2.42. The lowest BCUT2D eigenvalue weighted by molar-refractivity contribution is -0.134. The summed E-state index contributed by atoms with van der Waals surface area (Å²) in [5.41, 5.74) is 3.40. The van der Waals surface area contributed by atoms with Crippen LogP contribution < -0.4 is 0 Å². The number of aromatic nitrogens is 2. The summed E-state index contributed by atoms with van der Waals surface area (Å²) in [5.74, 6) is 0.241. The Labute approximate surface area is 121 Å². The first-order valence-corrected chi connectivity index (χ1v) is 7.88. The average Bonchev–Trinajstić information content (AvgIpc) is 3.06. The van der Waals surface area contributed by atoms with Crippen molar-refractivity contribution in [3.05, 3.63) is 46.2 Å². The van der Waals surface area contributed by atoms with Crippen molar-refractivity contribution in [2.45, 2.75) is 37.8 Å². The number of amides is 1. The Bertz CT molecular complexity index is 640. The van der Waals surface area contributed by atoms with Gasteiger partial charge >= 0.3 is 0 Å². The summed E-state index contributed by atoms with van der Waals surface area (Å²) in [7, 11) is 0. The minimum Gasteiger partial charge on any atom is -0.332 e. The molecular weight excluding hydrogens is 270 g/mol. The van der Waals surface area contributed by atoms with Crippen LogP contribution in [0.15, 0.2) is 29.4 Å². The van der Waals surface area contributed by atoms with Gasteiger partial charge in [-0.15, -0.1) is 0 Å². The molecular formula is C15H15N3OS. The first-order chi connectivity index (χ1) is 9.83. The summed E-state index contributed by atoms with van der Waals surface area (Å²) in [6.07, 6.45) is 7.01. The summed E-state index contributed by atoms with van der Waals surface area (Å²) in [5, 5.41) is 4.08. The van der Waals surface area contributed by atoms with E-state index < -0.39 is 0 Å². The van der Waals surface area contributed by atoms with Gasteiger partial charge in [-0.2, -0.15) is 11.3 Å². The molecule has 4 nitrogen and oxygen atoms in total. The van der Waals surface area contributed by atoms with Crippen LogP contribution in [0, 0.1) is 0 Å². The number of hydrogen-bond donors (Lipinski definition) is 0. The Balaban J connectivity index is 1.63. The van der Waals surface area contributed by atoms with E-state index in [0.29, 0.717) is 12.5 Å². The minimum absolute atomic E-state index is 0.191. The SMILES string of the molecule is O=C(Cc1ccsc1)N1C2CCC1c1cncnc1C2. The fraction of sp³-hybridized carbons (Fsp3) is 0.400. The lowest BCUT2D eigenvalue weighted by Crippen LogP contribution is -2.43. The molecule has 2 atom stereocenters. The molecule has 2 aromatic rings. The van der Waals surface area contributed by atoms with Crippen molar-refractivity contribution in [2.24, 2.45) is 0 Å². The van der Waals surface area contributed by atoms with Crippen LogP contribution in [0.5, 0.6) is 0 Å². The van der Waals surface area contributed by atoms with E-state index >= 15 is 0 Å². The number of carbonyl (C=O) groups excluding carboxylic acids is 1. The molecule has 2 aliphatic rings. The van der Waals surface area contributed by atoms with Gasteiger partial charge in [-0.3, -0.25) is 4.79 Å². The lowest BCUT2D eigenvalue weighted by Gasteiger charge is -2.35. The van der Waals surface area contributed by atoms with Crippen LogP contribution in [0.2, 0.25) is 0 Å². The summed E-state index contributed by atoms with van der Waals surface area (Å²) in [4.78, 5) is 23.2. The lowest BCUT2D eigenvalue weighted by atomic mass is 9.98. The van der Waals surface area contributed by atoms with Gasteiger partial charge in [-0.05, 0) is 35.2 Å². The topological polar surface area (TPSA) is 46.1 Å². The number of nitrogens with zero attached hydrogens (tertiary/aromatic N) is 3. The van der Waals surface area contributed by atoms with Crippen LogP contribution in [-0.2, 0) is 17.6 Å². The largest absolute Gasteiger partial charge is 0.332 e. The fourth-order valence-electron chi connectivity index (χ4n) is 3.46. The highest BCUT2D eigenvalue weighted by molar-refractivity contribution is 7.07. The predicted molar refractivity (Wildman–Crippen MR) is 76.4 cm³/mol. The Morgan fingerprint density at radius 2 is 2.40 bits per heavy atom. The molecule has 5 heteroatoms. The van der Waals surface area contributed by atoms with Gasteiger partial charge in [0.2, 0.25) is 5.91 Å². The number of thiophene rings is 1. The molecule has 2 unspecified atom stereocenters. The minimum atomic E-state index is 0.191. The predicted octanol–water partition coefficient (Wildman–Crippen LogP) is 2.37. The van der Waals surface area contributed by atoms with Crippen molar-refractivity contribution in [3.63, 3.8) is 0 Å². The van der Waals surface area contributed by atoms with E-state index in [0.717, 1.165) is 36.1 Å². The van der Waals surface area contributed by atoms with Gasteiger partial charge in [0.05, 0.1) is 18.2 Å². The Kier molecular flexibility index (Phi) is 2.80. The monoisotopic (exact) mass is 285 g/mol. The molecule has 20 heavy (non-hydrogen) atoms. The molecule has 0 radical (unpaired) electrons. The van der Waals surface area contributed by atoms with Crippen LogP contribution in [-0.4, -0.2) is 26.8 Å². The van der Waals surface area contributed by atoms with Gasteiger partial charge in [0.1, 0.15) is 6.33 Å². The maximum Gasteiger partial charge on any atom is 0.227 e. The van der Waals surface area contributed by atoms with E-state index in [2.05, 4.69) is 20.2 Å². The highest BCUT2D eigenvalue weighted by Crippen LogP contribution is 2.42. The highest BCUT2D eigenvalue weighted by atomic mass is 32.1. The van der Waals surface area contributed by atoms with E-state index in [1.807, 2.05) is 17.6 Å². The van der Waals surface area contributed by atoms with Crippen LogP contribution in [0.3, 0.4) is 0 Å². The molecule has 2 bridgehead atoms. The smallest absolute Gasteiger partial charge is 0.227 e. The van der Waals surface area contributed by atoms with Gasteiger partial charge < -0.3 is 4.90 Å². The summed E-state index contributed by atoms with van der Waals surface area (Å²) < 4.78 is 0. The Morgan fingerprint density at radius 3 is 3.25 bits per heavy atom. The zero-order chi connectivity index (χ0) is 13.5. The first-order valence-electron chi connectivity index (χ1n) is 6.94. The quantitative estimate of drug-likeness (QED) is 0.851. The number of rotatable bonds is 2. The van der Waals surface area contributed by atoms with E-state index in [4.69, 9.17) is 0 Å². The molecule has 102 valence electrons. The number of hydrogen-bond acceptors (Lipinski definition) is 4. The third-order valence-corrected chi connectivity index (χ3v) is 5.07. The summed E-state index contributed by atoms with van der Waals surface area (Å²) >= 11 is 1.64. The normalized spacial score (nSPS) is 23.7. The van der Waals surface area contributed by atoms with Crippen molar-refractivity contribution in [1.29, 1.82) is 0 Å². The van der Waals surface area contributed by atoms with E-state index in [1.165, 1.54) is 0 Å². The van der Waals surface area contributed by atoms with Crippen molar-refractivity contribution in [1.82, 2.24) is 14.9 Å². The molecule has 1 fully saturated rings. The van der Waals surface area contributed by atoms with Crippen molar-refractivity contribution in [3.8, 4) is 0 Å². The molecule has 1 amide bonds. The molecule has 0 spiro atoms. The van der Waals surface area contributed by atoms with Crippen molar-refractivity contribution in [2.75, 3.05) is 0 Å². The molecule has 4 heterocycles. The first kappa shape index (κ1) is 12.0. The molecule has 4 rings (SSSR count). The van der Waals surface area contributed by atoms with Crippen LogP contribution in [0.1, 0.15) is 35.7 Å². The van der Waals surface area contributed by atoms with Crippen LogP contribution >= 0.6 is 11.3 Å². The number of fused-ring (bicyclic) bond motifs is 4. The third-order valence-electron chi connectivity index (χ3n) is 4.34. The van der Waals surface area contributed by atoms with Gasteiger partial charge in [-0.1, -0.05) is 0 Å². The standard InChI is InChI=1S/C15H15N3OS/c19-15(5-10-3-4-20-8-10)18-11-1-2-14(18)12-7-16-9-17-13(12)6-11/h3-4,7-9,11,14H,1-2,5-6H2. The molecule has 1 saturated heterocycles. The second-order valence-corrected chi connectivity index (χ2v) is 6.27. The molecule has 2 aliphatic heterocycles. The molecule has 0 saturated carbocycles. The van der Waals surface area contributed by atoms with Crippen molar-refractivity contribution < 1.29 is 4.79 Å².